The molecule has 1 amide bonds. The van der Waals surface area contributed by atoms with Crippen LogP contribution in [0, 0.1) is 5.82 Å². The van der Waals surface area contributed by atoms with Crippen LogP contribution in [0.3, 0.4) is 0 Å². The fourth-order valence-corrected chi connectivity index (χ4v) is 3.81. The van der Waals surface area contributed by atoms with E-state index in [-0.39, 0.29) is 11.7 Å². The molecule has 1 aromatic carbocycles. The number of aromatic amines is 2. The third-order valence-corrected chi connectivity index (χ3v) is 5.63. The van der Waals surface area contributed by atoms with Crippen molar-refractivity contribution >= 4 is 5.91 Å². The number of amides is 1. The van der Waals surface area contributed by atoms with Crippen molar-refractivity contribution < 1.29 is 9.18 Å². The van der Waals surface area contributed by atoms with Crippen LogP contribution >= 0.6 is 0 Å². The van der Waals surface area contributed by atoms with Crippen LogP contribution in [0.5, 0.6) is 0 Å². The number of aromatic nitrogens is 5. The molecule has 28 heavy (non-hydrogen) atoms. The molecule has 1 saturated heterocycles. The SMILES string of the molecule is O=C(c1cn[nH]c1-c1ccc(F)cc1)N1CCC(c2nc(C3CC3)n[nH]2)CC1. The maximum Gasteiger partial charge on any atom is 0.257 e. The first kappa shape index (κ1) is 17.1. The van der Waals surface area contributed by atoms with Crippen molar-refractivity contribution in [3.05, 3.63) is 53.5 Å². The summed E-state index contributed by atoms with van der Waals surface area (Å²) in [6.07, 6.45) is 5.63. The van der Waals surface area contributed by atoms with Crippen LogP contribution in [0.4, 0.5) is 4.39 Å². The van der Waals surface area contributed by atoms with Gasteiger partial charge in [0.2, 0.25) is 0 Å². The molecular formula is C20H21FN6O. The molecule has 2 N–H and O–H groups in total. The van der Waals surface area contributed by atoms with E-state index in [1.807, 2.05) is 4.90 Å². The Morgan fingerprint density at radius 3 is 2.50 bits per heavy atom. The van der Waals surface area contributed by atoms with Gasteiger partial charge in [0, 0.05) is 30.5 Å². The maximum atomic E-state index is 13.2. The van der Waals surface area contributed by atoms with Gasteiger partial charge >= 0.3 is 0 Å². The predicted octanol–water partition coefficient (Wildman–Crippen LogP) is 3.23. The molecule has 0 radical (unpaired) electrons. The topological polar surface area (TPSA) is 90.6 Å². The summed E-state index contributed by atoms with van der Waals surface area (Å²) in [7, 11) is 0. The number of hydrogen-bond acceptors (Lipinski definition) is 4. The van der Waals surface area contributed by atoms with Crippen molar-refractivity contribution in [2.24, 2.45) is 0 Å². The molecule has 2 aliphatic rings. The number of carbonyl (C=O) groups is 1. The number of carbonyl (C=O) groups excluding carboxylic acids is 1. The summed E-state index contributed by atoms with van der Waals surface area (Å²) < 4.78 is 13.2. The van der Waals surface area contributed by atoms with Crippen molar-refractivity contribution in [1.82, 2.24) is 30.3 Å². The first-order valence-corrected chi connectivity index (χ1v) is 9.70. The van der Waals surface area contributed by atoms with Crippen molar-refractivity contribution in [2.45, 2.75) is 37.5 Å². The highest BCUT2D eigenvalue weighted by molar-refractivity contribution is 5.99. The van der Waals surface area contributed by atoms with E-state index in [2.05, 4.69) is 25.4 Å². The number of piperidine rings is 1. The lowest BCUT2D eigenvalue weighted by molar-refractivity contribution is 0.0712. The maximum absolute atomic E-state index is 13.2. The Balaban J connectivity index is 1.27. The highest BCUT2D eigenvalue weighted by Crippen LogP contribution is 2.38. The molecule has 0 bridgehead atoms. The van der Waals surface area contributed by atoms with E-state index in [4.69, 9.17) is 0 Å². The second-order valence-electron chi connectivity index (χ2n) is 7.59. The van der Waals surface area contributed by atoms with Crippen LogP contribution in [0.1, 0.15) is 59.5 Å². The summed E-state index contributed by atoms with van der Waals surface area (Å²) >= 11 is 0. The number of rotatable bonds is 4. The van der Waals surface area contributed by atoms with E-state index < -0.39 is 0 Å². The Bertz CT molecular complexity index is 982. The Morgan fingerprint density at radius 1 is 1.04 bits per heavy atom. The van der Waals surface area contributed by atoms with Gasteiger partial charge in [0.05, 0.1) is 17.5 Å². The quantitative estimate of drug-likeness (QED) is 0.727. The number of hydrogen-bond donors (Lipinski definition) is 2. The van der Waals surface area contributed by atoms with Crippen molar-refractivity contribution in [3.63, 3.8) is 0 Å². The van der Waals surface area contributed by atoms with Crippen molar-refractivity contribution in [1.29, 1.82) is 0 Å². The average Bonchev–Trinajstić information content (AvgIpc) is 3.26. The van der Waals surface area contributed by atoms with E-state index in [0.29, 0.717) is 36.2 Å². The van der Waals surface area contributed by atoms with Crippen LogP contribution < -0.4 is 0 Å². The zero-order valence-electron chi connectivity index (χ0n) is 15.4. The van der Waals surface area contributed by atoms with Crippen LogP contribution in [0.15, 0.2) is 30.5 Å². The number of benzene rings is 1. The zero-order chi connectivity index (χ0) is 19.1. The van der Waals surface area contributed by atoms with Gasteiger partial charge < -0.3 is 4.90 Å². The van der Waals surface area contributed by atoms with Gasteiger partial charge in [-0.2, -0.15) is 10.2 Å². The van der Waals surface area contributed by atoms with Gasteiger partial charge in [0.1, 0.15) is 11.6 Å². The summed E-state index contributed by atoms with van der Waals surface area (Å²) in [5, 5.41) is 14.3. The molecular weight excluding hydrogens is 359 g/mol. The van der Waals surface area contributed by atoms with E-state index >= 15 is 0 Å². The average molecular weight is 380 g/mol. The smallest absolute Gasteiger partial charge is 0.257 e. The Hall–Kier alpha value is -3.03. The lowest BCUT2D eigenvalue weighted by Crippen LogP contribution is -2.38. The first-order chi connectivity index (χ1) is 13.7. The van der Waals surface area contributed by atoms with Gasteiger partial charge in [-0.1, -0.05) is 0 Å². The fraction of sp³-hybridized carbons (Fsp3) is 0.400. The largest absolute Gasteiger partial charge is 0.338 e. The molecule has 5 rings (SSSR count). The van der Waals surface area contributed by atoms with Gasteiger partial charge in [0.25, 0.3) is 5.91 Å². The lowest BCUT2D eigenvalue weighted by Gasteiger charge is -2.31. The molecule has 2 fully saturated rings. The molecule has 1 saturated carbocycles. The normalized spacial score (nSPS) is 17.8. The molecule has 0 atom stereocenters. The summed E-state index contributed by atoms with van der Waals surface area (Å²) in [5.74, 6) is 2.38. The van der Waals surface area contributed by atoms with Gasteiger partial charge in [0.15, 0.2) is 5.82 Å². The number of H-pyrrole nitrogens is 2. The zero-order valence-corrected chi connectivity index (χ0v) is 15.4. The van der Waals surface area contributed by atoms with Gasteiger partial charge in [-0.3, -0.25) is 15.0 Å². The molecule has 1 aliphatic heterocycles. The molecule has 7 nitrogen and oxygen atoms in total. The molecule has 144 valence electrons. The molecule has 8 heteroatoms. The Kier molecular flexibility index (Phi) is 4.18. The summed E-state index contributed by atoms with van der Waals surface area (Å²) in [5.41, 5.74) is 1.88. The minimum atomic E-state index is -0.310. The minimum Gasteiger partial charge on any atom is -0.338 e. The lowest BCUT2D eigenvalue weighted by atomic mass is 9.95. The second-order valence-corrected chi connectivity index (χ2v) is 7.59. The highest BCUT2D eigenvalue weighted by Gasteiger charge is 2.31. The Morgan fingerprint density at radius 2 is 1.79 bits per heavy atom. The molecule has 0 unspecified atom stereocenters. The number of nitrogens with one attached hydrogen (secondary N) is 2. The van der Waals surface area contributed by atoms with Crippen molar-refractivity contribution in [2.75, 3.05) is 13.1 Å². The number of nitrogens with zero attached hydrogens (tertiary/aromatic N) is 4. The third-order valence-electron chi connectivity index (χ3n) is 5.63. The molecule has 1 aliphatic carbocycles. The van der Waals surface area contributed by atoms with E-state index in [9.17, 15) is 9.18 Å². The molecule has 3 heterocycles. The van der Waals surface area contributed by atoms with E-state index in [0.717, 1.165) is 30.1 Å². The van der Waals surface area contributed by atoms with Crippen molar-refractivity contribution in [3.8, 4) is 11.3 Å². The first-order valence-electron chi connectivity index (χ1n) is 9.70. The van der Waals surface area contributed by atoms with Gasteiger partial charge in [-0.15, -0.1) is 0 Å². The summed E-state index contributed by atoms with van der Waals surface area (Å²) in [4.78, 5) is 19.5. The summed E-state index contributed by atoms with van der Waals surface area (Å²) in [6, 6.07) is 6.05. The fourth-order valence-electron chi connectivity index (χ4n) is 3.81. The van der Waals surface area contributed by atoms with E-state index in [1.54, 1.807) is 18.3 Å². The molecule has 2 aromatic heterocycles. The van der Waals surface area contributed by atoms with Crippen LogP contribution in [-0.2, 0) is 0 Å². The standard InChI is InChI=1S/C20H21FN6O/c21-15-5-3-12(4-6-15)17-16(11-22-24-17)20(28)27-9-7-14(8-10-27)19-23-18(25-26-19)13-1-2-13/h3-6,11,13-14H,1-2,7-10H2,(H,22,24)(H,23,25,26). The van der Waals surface area contributed by atoms with Crippen LogP contribution in [0.25, 0.3) is 11.3 Å². The number of halogens is 1. The third kappa shape index (κ3) is 3.19. The number of likely N-dealkylation sites (tertiary alicyclic amines) is 1. The van der Waals surface area contributed by atoms with E-state index in [1.165, 1.54) is 25.0 Å². The molecule has 0 spiro atoms. The summed E-state index contributed by atoms with van der Waals surface area (Å²) in [6.45, 7) is 1.33. The second kappa shape index (κ2) is 6.85. The highest BCUT2D eigenvalue weighted by atomic mass is 19.1. The predicted molar refractivity (Wildman–Crippen MR) is 100 cm³/mol. The van der Waals surface area contributed by atoms with Crippen LogP contribution in [0.2, 0.25) is 0 Å². The van der Waals surface area contributed by atoms with Gasteiger partial charge in [-0.05, 0) is 49.9 Å². The molecule has 3 aromatic rings. The van der Waals surface area contributed by atoms with Gasteiger partial charge in [-0.25, -0.2) is 9.37 Å². The monoisotopic (exact) mass is 380 g/mol. The minimum absolute atomic E-state index is 0.0530. The Labute approximate surface area is 161 Å². The van der Waals surface area contributed by atoms with Crippen LogP contribution in [-0.4, -0.2) is 49.3 Å².